The lowest BCUT2D eigenvalue weighted by Gasteiger charge is -2.11. The van der Waals surface area contributed by atoms with E-state index in [9.17, 15) is 26.4 Å². The normalized spacial score (nSPS) is 11.9. The first kappa shape index (κ1) is 22.2. The van der Waals surface area contributed by atoms with Gasteiger partial charge in [0.05, 0.1) is 25.4 Å². The van der Waals surface area contributed by atoms with Crippen LogP contribution >= 0.6 is 0 Å². The van der Waals surface area contributed by atoms with E-state index in [1.54, 1.807) is 24.3 Å². The number of primary sulfonamides is 1. The largest absolute Gasteiger partial charge is 0.497 e. The Balaban J connectivity index is 1.86. The van der Waals surface area contributed by atoms with Gasteiger partial charge in [-0.05, 0) is 35.9 Å². The summed E-state index contributed by atoms with van der Waals surface area (Å²) in [4.78, 5) is 11.8. The molecule has 3 N–H and O–H groups in total. The predicted octanol–water partition coefficient (Wildman–Crippen LogP) is 2.12. The number of alkyl halides is 3. The van der Waals surface area contributed by atoms with Crippen LogP contribution in [0.4, 0.5) is 18.9 Å². The molecule has 2 aromatic carbocycles. The number of carbonyl (C=O) groups excluding carboxylic acids is 1. The molecule has 0 fully saturated rings. The molecular weight excluding hydrogens is 439 g/mol. The number of benzene rings is 2. The van der Waals surface area contributed by atoms with Gasteiger partial charge in [0.15, 0.2) is 5.69 Å². The summed E-state index contributed by atoms with van der Waals surface area (Å²) in [6.07, 6.45) is -4.23. The molecule has 0 aliphatic heterocycles. The van der Waals surface area contributed by atoms with Crippen LogP contribution in [0.2, 0.25) is 0 Å². The Hall–Kier alpha value is -3.45. The van der Waals surface area contributed by atoms with Gasteiger partial charge in [0, 0.05) is 5.69 Å². The first-order valence-electron chi connectivity index (χ1n) is 8.57. The maximum absolute atomic E-state index is 12.8. The Bertz CT molecular complexity index is 1210. The fraction of sp³-hybridized carbons (Fsp3) is 0.167. The van der Waals surface area contributed by atoms with Crippen LogP contribution in [0.15, 0.2) is 53.6 Å². The van der Waals surface area contributed by atoms with Crippen molar-refractivity contribution in [2.75, 3.05) is 12.4 Å². The lowest BCUT2D eigenvalue weighted by atomic mass is 10.1. The van der Waals surface area contributed by atoms with Crippen LogP contribution in [-0.2, 0) is 27.4 Å². The van der Waals surface area contributed by atoms with Gasteiger partial charge in [0.25, 0.3) is 0 Å². The van der Waals surface area contributed by atoms with Gasteiger partial charge in [0.1, 0.15) is 10.6 Å². The third-order valence-corrected chi connectivity index (χ3v) is 5.04. The van der Waals surface area contributed by atoms with Gasteiger partial charge in [-0.1, -0.05) is 17.3 Å². The van der Waals surface area contributed by atoms with E-state index >= 15 is 0 Å². The van der Waals surface area contributed by atoms with E-state index in [0.29, 0.717) is 22.2 Å². The summed E-state index contributed by atoms with van der Waals surface area (Å²) in [5.41, 5.74) is -0.783. The molecule has 13 heteroatoms. The molecule has 0 aliphatic carbocycles. The number of anilines is 1. The van der Waals surface area contributed by atoms with E-state index in [0.717, 1.165) is 12.1 Å². The van der Waals surface area contributed by atoms with Crippen molar-refractivity contribution in [1.29, 1.82) is 0 Å². The minimum absolute atomic E-state index is 0.00548. The lowest BCUT2D eigenvalue weighted by molar-refractivity contribution is -0.141. The van der Waals surface area contributed by atoms with E-state index < -0.39 is 32.7 Å². The Morgan fingerprint density at radius 3 is 2.42 bits per heavy atom. The molecule has 1 aromatic heterocycles. The van der Waals surface area contributed by atoms with Gasteiger partial charge in [-0.2, -0.15) is 13.2 Å². The van der Waals surface area contributed by atoms with E-state index in [-0.39, 0.29) is 17.8 Å². The van der Waals surface area contributed by atoms with E-state index in [1.807, 2.05) is 0 Å². The predicted molar refractivity (Wildman–Crippen MR) is 103 cm³/mol. The standard InChI is InChI=1S/C18H16F3N5O4S/c1-30-13-5-2-11(3-6-13)8-17(27)23-12-4-7-14(15(9-12)31(22,28)29)26-10-16(24-25-26)18(19,20)21/h2-7,9-10H,8H2,1H3,(H,23,27)(H2,22,28,29). The molecule has 1 amide bonds. The molecule has 31 heavy (non-hydrogen) atoms. The second kappa shape index (κ2) is 8.35. The fourth-order valence-electron chi connectivity index (χ4n) is 2.65. The molecular formula is C18H16F3N5O4S. The number of amides is 1. The fourth-order valence-corrected chi connectivity index (χ4v) is 3.40. The van der Waals surface area contributed by atoms with Crippen molar-refractivity contribution >= 4 is 21.6 Å². The van der Waals surface area contributed by atoms with Crippen molar-refractivity contribution < 1.29 is 31.1 Å². The lowest BCUT2D eigenvalue weighted by Crippen LogP contribution is -2.18. The molecule has 0 saturated carbocycles. The second-order valence-corrected chi connectivity index (χ2v) is 7.88. The molecule has 0 unspecified atom stereocenters. The van der Waals surface area contributed by atoms with E-state index in [1.165, 1.54) is 13.2 Å². The average molecular weight is 455 g/mol. The molecule has 0 radical (unpaired) electrons. The summed E-state index contributed by atoms with van der Waals surface area (Å²) < 4.78 is 68.0. The van der Waals surface area contributed by atoms with Crippen LogP contribution in [-0.4, -0.2) is 36.4 Å². The summed E-state index contributed by atoms with van der Waals surface area (Å²) >= 11 is 0. The van der Waals surface area contributed by atoms with Gasteiger partial charge in [-0.3, -0.25) is 4.79 Å². The summed E-state index contributed by atoms with van der Waals surface area (Å²) in [5, 5.41) is 14.0. The van der Waals surface area contributed by atoms with Crippen LogP contribution in [0.3, 0.4) is 0 Å². The highest BCUT2D eigenvalue weighted by atomic mass is 32.2. The number of methoxy groups -OCH3 is 1. The van der Waals surface area contributed by atoms with Crippen molar-refractivity contribution in [3.63, 3.8) is 0 Å². The smallest absolute Gasteiger partial charge is 0.436 e. The Labute approximate surface area is 174 Å². The van der Waals surface area contributed by atoms with Gasteiger partial charge in [-0.25, -0.2) is 18.2 Å². The Kier molecular flexibility index (Phi) is 5.99. The van der Waals surface area contributed by atoms with Gasteiger partial charge >= 0.3 is 6.18 Å². The molecule has 0 spiro atoms. The zero-order valence-electron chi connectivity index (χ0n) is 15.9. The molecule has 1 heterocycles. The minimum Gasteiger partial charge on any atom is -0.497 e. The Morgan fingerprint density at radius 2 is 1.87 bits per heavy atom. The second-order valence-electron chi connectivity index (χ2n) is 6.35. The van der Waals surface area contributed by atoms with Crippen LogP contribution in [0.25, 0.3) is 5.69 Å². The number of sulfonamides is 1. The van der Waals surface area contributed by atoms with Gasteiger partial charge in [-0.15, -0.1) is 5.10 Å². The summed E-state index contributed by atoms with van der Waals surface area (Å²) in [6, 6.07) is 10.3. The third kappa shape index (κ3) is 5.38. The molecule has 9 nitrogen and oxygen atoms in total. The first-order valence-corrected chi connectivity index (χ1v) is 10.1. The van der Waals surface area contributed by atoms with Crippen LogP contribution < -0.4 is 15.2 Å². The molecule has 164 valence electrons. The van der Waals surface area contributed by atoms with Crippen molar-refractivity contribution in [2.24, 2.45) is 5.14 Å². The van der Waals surface area contributed by atoms with Crippen LogP contribution in [0.5, 0.6) is 5.75 Å². The molecule has 0 bridgehead atoms. The zero-order chi connectivity index (χ0) is 22.8. The van der Waals surface area contributed by atoms with Crippen molar-refractivity contribution in [2.45, 2.75) is 17.5 Å². The monoisotopic (exact) mass is 455 g/mol. The number of aromatic nitrogens is 3. The molecule has 0 aliphatic rings. The number of hydrogen-bond acceptors (Lipinski definition) is 6. The number of halogens is 3. The van der Waals surface area contributed by atoms with Crippen molar-refractivity contribution in [3.05, 3.63) is 59.9 Å². The summed E-state index contributed by atoms with van der Waals surface area (Å²) in [7, 11) is -2.86. The highest BCUT2D eigenvalue weighted by Crippen LogP contribution is 2.29. The number of nitrogens with zero attached hydrogens (tertiary/aromatic N) is 3. The maximum atomic E-state index is 12.8. The number of nitrogens with two attached hydrogens (primary N) is 1. The minimum atomic E-state index is -4.75. The maximum Gasteiger partial charge on any atom is 0.436 e. The summed E-state index contributed by atoms with van der Waals surface area (Å²) in [6.45, 7) is 0. The highest BCUT2D eigenvalue weighted by molar-refractivity contribution is 7.89. The number of carbonyl (C=O) groups is 1. The summed E-state index contributed by atoms with van der Waals surface area (Å²) in [5.74, 6) is 0.178. The number of ether oxygens (including phenoxy) is 1. The number of rotatable bonds is 6. The highest BCUT2D eigenvalue weighted by Gasteiger charge is 2.35. The quantitative estimate of drug-likeness (QED) is 0.586. The van der Waals surface area contributed by atoms with E-state index in [2.05, 4.69) is 15.6 Å². The number of hydrogen-bond donors (Lipinski definition) is 2. The van der Waals surface area contributed by atoms with Crippen LogP contribution in [0, 0.1) is 0 Å². The topological polar surface area (TPSA) is 129 Å². The third-order valence-electron chi connectivity index (χ3n) is 4.10. The number of nitrogens with one attached hydrogen (secondary N) is 1. The Morgan fingerprint density at radius 1 is 1.19 bits per heavy atom. The molecule has 0 atom stereocenters. The van der Waals surface area contributed by atoms with Crippen LogP contribution in [0.1, 0.15) is 11.3 Å². The van der Waals surface area contributed by atoms with Gasteiger partial charge in [0.2, 0.25) is 15.9 Å². The SMILES string of the molecule is COc1ccc(CC(=O)Nc2ccc(-n3cc(C(F)(F)F)nn3)c(S(N)(=O)=O)c2)cc1. The molecule has 0 saturated heterocycles. The first-order chi connectivity index (χ1) is 14.5. The van der Waals surface area contributed by atoms with Gasteiger partial charge < -0.3 is 10.1 Å². The van der Waals surface area contributed by atoms with Crippen molar-refractivity contribution in [3.8, 4) is 11.4 Å². The van der Waals surface area contributed by atoms with Crippen molar-refractivity contribution in [1.82, 2.24) is 15.0 Å². The average Bonchev–Trinajstić information content (AvgIpc) is 3.18. The molecule has 3 aromatic rings. The molecule has 3 rings (SSSR count). The zero-order valence-corrected chi connectivity index (χ0v) is 16.7. The van der Waals surface area contributed by atoms with E-state index in [4.69, 9.17) is 9.88 Å².